The number of nitrogens with one attached hydrogen (secondary N) is 1. The number of carbonyl (C=O) groups is 2. The van der Waals surface area contributed by atoms with Crippen LogP contribution in [0.25, 0.3) is 6.08 Å². The van der Waals surface area contributed by atoms with Gasteiger partial charge in [-0.25, -0.2) is 4.79 Å². The van der Waals surface area contributed by atoms with E-state index in [9.17, 15) is 9.59 Å². The second-order valence-corrected chi connectivity index (χ2v) is 5.05. The summed E-state index contributed by atoms with van der Waals surface area (Å²) in [7, 11) is 0. The third kappa shape index (κ3) is 3.44. The zero-order valence-corrected chi connectivity index (χ0v) is 11.0. The van der Waals surface area contributed by atoms with Gasteiger partial charge in [0.05, 0.1) is 0 Å². The van der Waals surface area contributed by atoms with Crippen molar-refractivity contribution in [1.29, 1.82) is 0 Å². The van der Waals surface area contributed by atoms with Crippen LogP contribution in [0.5, 0.6) is 0 Å². The van der Waals surface area contributed by atoms with Crippen molar-refractivity contribution in [2.45, 2.75) is 20.3 Å². The van der Waals surface area contributed by atoms with Gasteiger partial charge in [0.15, 0.2) is 0 Å². The van der Waals surface area contributed by atoms with Gasteiger partial charge >= 0.3 is 5.97 Å². The molecule has 4 nitrogen and oxygen atoms in total. The fraction of sp³-hybridized carbons (Fsp3) is 0.333. The first kappa shape index (κ1) is 13.3. The van der Waals surface area contributed by atoms with E-state index in [0.717, 1.165) is 23.6 Å². The quantitative estimate of drug-likeness (QED) is 0.817. The second-order valence-electron chi connectivity index (χ2n) is 5.05. The van der Waals surface area contributed by atoms with Crippen LogP contribution in [0.4, 0.5) is 5.69 Å². The molecule has 19 heavy (non-hydrogen) atoms. The Morgan fingerprint density at radius 2 is 2.11 bits per heavy atom. The van der Waals surface area contributed by atoms with Gasteiger partial charge in [-0.1, -0.05) is 13.0 Å². The Labute approximate surface area is 112 Å². The van der Waals surface area contributed by atoms with Crippen LogP contribution in [0.2, 0.25) is 0 Å². The normalized spacial score (nSPS) is 21.4. The predicted molar refractivity (Wildman–Crippen MR) is 73.7 cm³/mol. The van der Waals surface area contributed by atoms with Gasteiger partial charge in [-0.2, -0.15) is 0 Å². The first-order chi connectivity index (χ1) is 8.97. The fourth-order valence-electron chi connectivity index (χ4n) is 1.98. The summed E-state index contributed by atoms with van der Waals surface area (Å²) in [6.45, 7) is 3.95. The van der Waals surface area contributed by atoms with Crippen LogP contribution in [0.15, 0.2) is 24.3 Å². The summed E-state index contributed by atoms with van der Waals surface area (Å²) in [6.07, 6.45) is 3.58. The lowest BCUT2D eigenvalue weighted by atomic mass is 10.1. The molecule has 2 unspecified atom stereocenters. The average molecular weight is 259 g/mol. The Bertz CT molecular complexity index is 548. The third-order valence-corrected chi connectivity index (χ3v) is 3.40. The number of hydrogen-bond acceptors (Lipinski definition) is 2. The highest BCUT2D eigenvalue weighted by atomic mass is 16.4. The van der Waals surface area contributed by atoms with Gasteiger partial charge in [0.1, 0.15) is 0 Å². The van der Waals surface area contributed by atoms with E-state index in [4.69, 9.17) is 5.11 Å². The molecule has 0 radical (unpaired) electrons. The molecular weight excluding hydrogens is 242 g/mol. The number of carboxylic acid groups (broad SMARTS) is 1. The van der Waals surface area contributed by atoms with Crippen LogP contribution in [0, 0.1) is 18.8 Å². The van der Waals surface area contributed by atoms with Gasteiger partial charge in [-0.15, -0.1) is 0 Å². The Morgan fingerprint density at radius 3 is 2.68 bits per heavy atom. The molecule has 1 aromatic carbocycles. The summed E-state index contributed by atoms with van der Waals surface area (Å²) in [6, 6.07) is 5.49. The van der Waals surface area contributed by atoms with Crippen LogP contribution in [-0.4, -0.2) is 17.0 Å². The molecule has 0 saturated heterocycles. The summed E-state index contributed by atoms with van der Waals surface area (Å²) < 4.78 is 0. The number of aryl methyl sites for hydroxylation is 1. The van der Waals surface area contributed by atoms with Crippen LogP contribution < -0.4 is 5.32 Å². The van der Waals surface area contributed by atoms with E-state index in [-0.39, 0.29) is 11.8 Å². The molecule has 100 valence electrons. The SMILES string of the molecule is Cc1ccc(NC(=O)C2CC2C)cc1C=CC(=O)O. The lowest BCUT2D eigenvalue weighted by molar-refractivity contribution is -0.131. The zero-order valence-electron chi connectivity index (χ0n) is 11.0. The second kappa shape index (κ2) is 5.26. The molecular formula is C15H17NO3. The van der Waals surface area contributed by atoms with Gasteiger partial charge in [0.25, 0.3) is 0 Å². The van der Waals surface area contributed by atoms with Crippen LogP contribution in [0.1, 0.15) is 24.5 Å². The summed E-state index contributed by atoms with van der Waals surface area (Å²) in [5, 5.41) is 11.5. The van der Waals surface area contributed by atoms with E-state index in [2.05, 4.69) is 12.2 Å². The first-order valence-electron chi connectivity index (χ1n) is 6.30. The Hall–Kier alpha value is -2.10. The van der Waals surface area contributed by atoms with Crippen molar-refractivity contribution in [3.8, 4) is 0 Å². The van der Waals surface area contributed by atoms with E-state index < -0.39 is 5.97 Å². The first-order valence-corrected chi connectivity index (χ1v) is 6.30. The van der Waals surface area contributed by atoms with Crippen molar-refractivity contribution in [3.05, 3.63) is 35.4 Å². The van der Waals surface area contributed by atoms with E-state index in [1.807, 2.05) is 19.1 Å². The minimum absolute atomic E-state index is 0.0458. The van der Waals surface area contributed by atoms with Crippen molar-refractivity contribution in [1.82, 2.24) is 0 Å². The molecule has 2 N–H and O–H groups in total. The lowest BCUT2D eigenvalue weighted by Crippen LogP contribution is -2.14. The highest BCUT2D eigenvalue weighted by Crippen LogP contribution is 2.38. The number of amides is 1. The molecule has 1 amide bonds. The molecule has 1 fully saturated rings. The maximum absolute atomic E-state index is 11.8. The summed E-state index contributed by atoms with van der Waals surface area (Å²) >= 11 is 0. The fourth-order valence-corrected chi connectivity index (χ4v) is 1.98. The van der Waals surface area contributed by atoms with Gasteiger partial charge < -0.3 is 10.4 Å². The summed E-state index contributed by atoms with van der Waals surface area (Å²) in [5.74, 6) is -0.346. The number of benzene rings is 1. The van der Waals surface area contributed by atoms with Gasteiger partial charge in [-0.3, -0.25) is 4.79 Å². The van der Waals surface area contributed by atoms with E-state index in [1.165, 1.54) is 6.08 Å². The number of hydrogen-bond donors (Lipinski definition) is 2. The number of carboxylic acids is 1. The Balaban J connectivity index is 2.11. The molecule has 0 aliphatic heterocycles. The zero-order chi connectivity index (χ0) is 14.0. The molecule has 0 heterocycles. The molecule has 0 spiro atoms. The maximum Gasteiger partial charge on any atom is 0.328 e. The molecule has 1 aliphatic rings. The topological polar surface area (TPSA) is 66.4 Å². The maximum atomic E-state index is 11.8. The smallest absolute Gasteiger partial charge is 0.328 e. The highest BCUT2D eigenvalue weighted by molar-refractivity contribution is 5.95. The van der Waals surface area contributed by atoms with E-state index in [0.29, 0.717) is 11.6 Å². The number of carbonyl (C=O) groups excluding carboxylic acids is 1. The highest BCUT2D eigenvalue weighted by Gasteiger charge is 2.39. The molecule has 2 atom stereocenters. The minimum Gasteiger partial charge on any atom is -0.478 e. The van der Waals surface area contributed by atoms with Gasteiger partial charge in [-0.05, 0) is 48.6 Å². The molecule has 4 heteroatoms. The monoisotopic (exact) mass is 259 g/mol. The molecule has 2 rings (SSSR count). The van der Waals surface area contributed by atoms with Gasteiger partial charge in [0.2, 0.25) is 5.91 Å². The van der Waals surface area contributed by atoms with Crippen LogP contribution in [-0.2, 0) is 9.59 Å². The average Bonchev–Trinajstić information content (AvgIpc) is 3.07. The van der Waals surface area contributed by atoms with Crippen LogP contribution >= 0.6 is 0 Å². The standard InChI is InChI=1S/C15H17NO3/c1-9-3-5-12(8-11(9)4-6-14(17)18)16-15(19)13-7-10(13)2/h3-6,8,10,13H,7H2,1-2H3,(H,16,19)(H,17,18). The van der Waals surface area contributed by atoms with Gasteiger partial charge in [0, 0.05) is 17.7 Å². The molecule has 0 aromatic heterocycles. The molecule has 1 saturated carbocycles. The molecule has 1 aromatic rings. The van der Waals surface area contributed by atoms with Crippen molar-refractivity contribution in [3.63, 3.8) is 0 Å². The minimum atomic E-state index is -0.986. The Kier molecular flexibility index (Phi) is 3.69. The number of anilines is 1. The lowest BCUT2D eigenvalue weighted by Gasteiger charge is -2.07. The third-order valence-electron chi connectivity index (χ3n) is 3.40. The number of rotatable bonds is 4. The van der Waals surface area contributed by atoms with Crippen molar-refractivity contribution >= 4 is 23.6 Å². The molecule has 0 bridgehead atoms. The largest absolute Gasteiger partial charge is 0.478 e. The summed E-state index contributed by atoms with van der Waals surface area (Å²) in [4.78, 5) is 22.3. The predicted octanol–water partition coefficient (Wildman–Crippen LogP) is 2.69. The number of aliphatic carboxylic acids is 1. The molecule has 1 aliphatic carbocycles. The Morgan fingerprint density at radius 1 is 1.42 bits per heavy atom. The van der Waals surface area contributed by atoms with Crippen molar-refractivity contribution in [2.75, 3.05) is 5.32 Å². The van der Waals surface area contributed by atoms with Crippen molar-refractivity contribution < 1.29 is 14.7 Å². The van der Waals surface area contributed by atoms with E-state index >= 15 is 0 Å². The summed E-state index contributed by atoms with van der Waals surface area (Å²) in [5.41, 5.74) is 2.47. The van der Waals surface area contributed by atoms with E-state index in [1.54, 1.807) is 6.07 Å². The van der Waals surface area contributed by atoms with Crippen LogP contribution in [0.3, 0.4) is 0 Å². The van der Waals surface area contributed by atoms with Crippen molar-refractivity contribution in [2.24, 2.45) is 11.8 Å².